The van der Waals surface area contributed by atoms with Crippen molar-refractivity contribution in [3.05, 3.63) is 17.7 Å². The van der Waals surface area contributed by atoms with Crippen molar-refractivity contribution in [3.8, 4) is 0 Å². The summed E-state index contributed by atoms with van der Waals surface area (Å²) in [6, 6.07) is 0. The van der Waals surface area contributed by atoms with E-state index in [2.05, 4.69) is 9.97 Å². The van der Waals surface area contributed by atoms with Crippen molar-refractivity contribution in [3.63, 3.8) is 0 Å². The summed E-state index contributed by atoms with van der Waals surface area (Å²) in [5.74, 6) is 0. The molecule has 0 aromatic carbocycles. The molecule has 0 saturated heterocycles. The van der Waals surface area contributed by atoms with Crippen LogP contribution < -0.4 is 5.73 Å². The smallest absolute Gasteiger partial charge is 0.113 e. The monoisotopic (exact) mass is 153 g/mol. The van der Waals surface area contributed by atoms with Gasteiger partial charge in [0.15, 0.2) is 0 Å². The molecule has 4 heteroatoms. The predicted octanol–water partition coefficient (Wildman–Crippen LogP) is -0.0178. The molecule has 0 spiro atoms. The third-order valence-electron chi connectivity index (χ3n) is 1.94. The van der Waals surface area contributed by atoms with Gasteiger partial charge in [-0.1, -0.05) is 0 Å². The number of nitrogens with one attached hydrogen (secondary N) is 1. The number of fused-ring (bicyclic) bond motifs is 1. The molecule has 11 heavy (non-hydrogen) atoms. The quantitative estimate of drug-likeness (QED) is 0.596. The van der Waals surface area contributed by atoms with E-state index in [-0.39, 0.29) is 6.10 Å². The van der Waals surface area contributed by atoms with Crippen LogP contribution in [0.5, 0.6) is 0 Å². The minimum absolute atomic E-state index is 0.00463. The molecular weight excluding hydrogens is 142 g/mol. The van der Waals surface area contributed by atoms with Crippen molar-refractivity contribution in [1.29, 1.82) is 0 Å². The summed E-state index contributed by atoms with van der Waals surface area (Å²) < 4.78 is 5.40. The van der Waals surface area contributed by atoms with Gasteiger partial charge < -0.3 is 15.5 Å². The Morgan fingerprint density at radius 2 is 2.73 bits per heavy atom. The van der Waals surface area contributed by atoms with Gasteiger partial charge in [-0.15, -0.1) is 0 Å². The summed E-state index contributed by atoms with van der Waals surface area (Å²) in [5.41, 5.74) is 7.66. The highest BCUT2D eigenvalue weighted by Gasteiger charge is 2.21. The molecule has 0 radical (unpaired) electrons. The van der Waals surface area contributed by atoms with Gasteiger partial charge in [-0.2, -0.15) is 0 Å². The summed E-state index contributed by atoms with van der Waals surface area (Å²) in [4.78, 5) is 7.22. The lowest BCUT2D eigenvalue weighted by atomic mass is 10.1. The molecule has 3 N–H and O–H groups in total. The molecule has 0 amide bonds. The van der Waals surface area contributed by atoms with E-state index in [0.29, 0.717) is 6.54 Å². The first kappa shape index (κ1) is 6.82. The van der Waals surface area contributed by atoms with Crippen LogP contribution in [-0.4, -0.2) is 23.1 Å². The second kappa shape index (κ2) is 2.64. The van der Waals surface area contributed by atoms with E-state index in [1.807, 2.05) is 0 Å². The Labute approximate surface area is 64.8 Å². The standard InChI is InChI=1S/C7H11N3O/c8-3-6-7-5(1-2-11-6)9-4-10-7/h4,6H,1-3,8H2,(H,9,10). The largest absolute Gasteiger partial charge is 0.370 e. The van der Waals surface area contributed by atoms with E-state index < -0.39 is 0 Å². The maximum atomic E-state index is 5.50. The zero-order valence-electron chi connectivity index (χ0n) is 6.21. The maximum Gasteiger partial charge on any atom is 0.113 e. The fourth-order valence-electron chi connectivity index (χ4n) is 1.37. The highest BCUT2D eigenvalue weighted by molar-refractivity contribution is 5.16. The average Bonchev–Trinajstić information content (AvgIpc) is 2.50. The summed E-state index contributed by atoms with van der Waals surface area (Å²) in [6.45, 7) is 1.26. The Bertz CT molecular complexity index is 246. The third kappa shape index (κ3) is 1.04. The normalized spacial score (nSPS) is 23.2. The zero-order chi connectivity index (χ0) is 7.68. The number of nitrogens with zero attached hydrogens (tertiary/aromatic N) is 1. The lowest BCUT2D eigenvalue weighted by molar-refractivity contribution is 0.0451. The van der Waals surface area contributed by atoms with Gasteiger partial charge in [-0.25, -0.2) is 4.98 Å². The van der Waals surface area contributed by atoms with E-state index in [0.717, 1.165) is 18.7 Å². The average molecular weight is 153 g/mol. The first-order chi connectivity index (χ1) is 5.42. The van der Waals surface area contributed by atoms with E-state index >= 15 is 0 Å². The van der Waals surface area contributed by atoms with Crippen molar-refractivity contribution in [2.75, 3.05) is 13.2 Å². The molecular formula is C7H11N3O. The molecule has 4 nitrogen and oxygen atoms in total. The van der Waals surface area contributed by atoms with Gasteiger partial charge in [-0.05, 0) is 0 Å². The molecule has 1 atom stereocenters. The van der Waals surface area contributed by atoms with Crippen LogP contribution in [0.25, 0.3) is 0 Å². The van der Waals surface area contributed by atoms with E-state index in [9.17, 15) is 0 Å². The maximum absolute atomic E-state index is 5.50. The van der Waals surface area contributed by atoms with Gasteiger partial charge >= 0.3 is 0 Å². The fourth-order valence-corrected chi connectivity index (χ4v) is 1.37. The van der Waals surface area contributed by atoms with Crippen molar-refractivity contribution in [2.45, 2.75) is 12.5 Å². The number of imidazole rings is 1. The molecule has 2 heterocycles. The lowest BCUT2D eigenvalue weighted by Gasteiger charge is -2.20. The van der Waals surface area contributed by atoms with Crippen LogP contribution in [0.15, 0.2) is 6.33 Å². The van der Waals surface area contributed by atoms with Gasteiger partial charge in [0.05, 0.1) is 18.6 Å². The number of aromatic amines is 1. The summed E-state index contributed by atoms with van der Waals surface area (Å²) in [5, 5.41) is 0. The molecule has 0 aliphatic carbocycles. The number of rotatable bonds is 1. The zero-order valence-corrected chi connectivity index (χ0v) is 6.21. The highest BCUT2D eigenvalue weighted by Crippen LogP contribution is 2.22. The van der Waals surface area contributed by atoms with Gasteiger partial charge in [-0.3, -0.25) is 0 Å². The van der Waals surface area contributed by atoms with Crippen LogP contribution in [0, 0.1) is 0 Å². The molecule has 0 bridgehead atoms. The molecule has 1 aliphatic heterocycles. The Kier molecular flexibility index (Phi) is 1.63. The van der Waals surface area contributed by atoms with Crippen LogP contribution >= 0.6 is 0 Å². The Morgan fingerprint density at radius 1 is 1.82 bits per heavy atom. The second-order valence-electron chi connectivity index (χ2n) is 2.61. The molecule has 60 valence electrons. The van der Waals surface area contributed by atoms with Crippen molar-refractivity contribution < 1.29 is 4.74 Å². The Morgan fingerprint density at radius 3 is 3.55 bits per heavy atom. The Balaban J connectivity index is 2.32. The van der Waals surface area contributed by atoms with Crippen LogP contribution in [-0.2, 0) is 11.2 Å². The van der Waals surface area contributed by atoms with Crippen LogP contribution in [0.2, 0.25) is 0 Å². The number of ether oxygens (including phenoxy) is 1. The first-order valence-corrected chi connectivity index (χ1v) is 3.75. The molecule has 0 fully saturated rings. The number of hydrogen-bond donors (Lipinski definition) is 2. The van der Waals surface area contributed by atoms with Gasteiger partial charge in [0.1, 0.15) is 6.10 Å². The highest BCUT2D eigenvalue weighted by atomic mass is 16.5. The van der Waals surface area contributed by atoms with Gasteiger partial charge in [0, 0.05) is 18.7 Å². The molecule has 2 rings (SSSR count). The lowest BCUT2D eigenvalue weighted by Crippen LogP contribution is -2.22. The molecule has 1 aromatic rings. The summed E-state index contributed by atoms with van der Waals surface area (Å²) in [7, 11) is 0. The summed E-state index contributed by atoms with van der Waals surface area (Å²) >= 11 is 0. The van der Waals surface area contributed by atoms with E-state index in [1.165, 1.54) is 5.69 Å². The fraction of sp³-hybridized carbons (Fsp3) is 0.571. The predicted molar refractivity (Wildman–Crippen MR) is 40.0 cm³/mol. The summed E-state index contributed by atoms with van der Waals surface area (Å²) in [6.07, 6.45) is 2.62. The van der Waals surface area contributed by atoms with Crippen LogP contribution in [0.4, 0.5) is 0 Å². The van der Waals surface area contributed by atoms with Crippen molar-refractivity contribution >= 4 is 0 Å². The molecule has 1 aromatic heterocycles. The second-order valence-corrected chi connectivity index (χ2v) is 2.61. The number of hydrogen-bond acceptors (Lipinski definition) is 3. The number of aromatic nitrogens is 2. The molecule has 1 aliphatic rings. The van der Waals surface area contributed by atoms with E-state index in [1.54, 1.807) is 6.33 Å². The molecule has 0 saturated carbocycles. The third-order valence-corrected chi connectivity index (χ3v) is 1.94. The van der Waals surface area contributed by atoms with Gasteiger partial charge in [0.25, 0.3) is 0 Å². The Hall–Kier alpha value is -0.870. The number of nitrogens with two attached hydrogens (primary N) is 1. The minimum Gasteiger partial charge on any atom is -0.370 e. The topological polar surface area (TPSA) is 63.9 Å². The van der Waals surface area contributed by atoms with E-state index in [4.69, 9.17) is 10.5 Å². The SMILES string of the molecule is NCC1OCCc2[nH]cnc21. The van der Waals surface area contributed by atoms with Crippen LogP contribution in [0.1, 0.15) is 17.5 Å². The van der Waals surface area contributed by atoms with Gasteiger partial charge in [0.2, 0.25) is 0 Å². The van der Waals surface area contributed by atoms with Crippen LogP contribution in [0.3, 0.4) is 0 Å². The van der Waals surface area contributed by atoms with Crippen molar-refractivity contribution in [1.82, 2.24) is 9.97 Å². The minimum atomic E-state index is 0.00463. The first-order valence-electron chi connectivity index (χ1n) is 3.75. The number of H-pyrrole nitrogens is 1. The molecule has 1 unspecified atom stereocenters. The van der Waals surface area contributed by atoms with Crippen molar-refractivity contribution in [2.24, 2.45) is 5.73 Å².